The largest absolute Gasteiger partial charge is 0.481 e. The van der Waals surface area contributed by atoms with Crippen LogP contribution in [0.25, 0.3) is 5.52 Å². The van der Waals surface area contributed by atoms with Crippen LogP contribution in [0.1, 0.15) is 25.0 Å². The number of rotatable bonds is 5. The van der Waals surface area contributed by atoms with Crippen molar-refractivity contribution in [1.29, 1.82) is 0 Å². The fraction of sp³-hybridized carbons (Fsp3) is 0.462. The van der Waals surface area contributed by atoms with Crippen molar-refractivity contribution in [2.24, 2.45) is 5.41 Å². The first kappa shape index (κ1) is 12.5. The van der Waals surface area contributed by atoms with Crippen LogP contribution in [0.2, 0.25) is 0 Å². The summed E-state index contributed by atoms with van der Waals surface area (Å²) in [6.45, 7) is 1.95. The van der Waals surface area contributed by atoms with Gasteiger partial charge in [-0.25, -0.2) is 9.50 Å². The molecule has 2 heterocycles. The second-order valence-corrected chi connectivity index (χ2v) is 6.17. The molecule has 19 heavy (non-hydrogen) atoms. The fourth-order valence-electron chi connectivity index (χ4n) is 2.22. The normalized spacial score (nSPS) is 16.7. The lowest BCUT2D eigenvalue weighted by Crippen LogP contribution is -2.11. The Balaban J connectivity index is 1.77. The van der Waals surface area contributed by atoms with Crippen molar-refractivity contribution in [1.82, 2.24) is 14.6 Å². The highest BCUT2D eigenvalue weighted by atomic mass is 32.2. The average Bonchev–Trinajstić information content (AvgIpc) is 2.97. The van der Waals surface area contributed by atoms with Crippen LogP contribution < -0.4 is 0 Å². The SMILES string of the molecule is Cc1cc2c(SCC3(CC(=O)O)CC3)nccn2n1. The van der Waals surface area contributed by atoms with Crippen molar-refractivity contribution >= 4 is 23.2 Å². The minimum atomic E-state index is -0.704. The molecule has 2 aromatic rings. The van der Waals surface area contributed by atoms with Crippen LogP contribution >= 0.6 is 11.8 Å². The Hall–Kier alpha value is -1.56. The quantitative estimate of drug-likeness (QED) is 0.850. The second kappa shape index (κ2) is 4.52. The Morgan fingerprint density at radius 2 is 2.37 bits per heavy atom. The lowest BCUT2D eigenvalue weighted by Gasteiger charge is -2.11. The van der Waals surface area contributed by atoms with Crippen LogP contribution in [0.3, 0.4) is 0 Å². The van der Waals surface area contributed by atoms with E-state index in [4.69, 9.17) is 5.11 Å². The summed E-state index contributed by atoms with van der Waals surface area (Å²) < 4.78 is 1.82. The number of fused-ring (bicyclic) bond motifs is 1. The van der Waals surface area contributed by atoms with Gasteiger partial charge in [-0.2, -0.15) is 5.10 Å². The number of thioether (sulfide) groups is 1. The van der Waals surface area contributed by atoms with Gasteiger partial charge < -0.3 is 5.11 Å². The molecule has 100 valence electrons. The predicted octanol–water partition coefficient (Wildman–Crippen LogP) is 2.38. The molecule has 3 rings (SSSR count). The number of carboxylic acids is 1. The number of carbonyl (C=O) groups is 1. The van der Waals surface area contributed by atoms with E-state index in [1.165, 1.54) is 0 Å². The second-order valence-electron chi connectivity index (χ2n) is 5.21. The maximum Gasteiger partial charge on any atom is 0.303 e. The highest BCUT2D eigenvalue weighted by molar-refractivity contribution is 7.99. The van der Waals surface area contributed by atoms with Crippen molar-refractivity contribution in [2.75, 3.05) is 5.75 Å². The van der Waals surface area contributed by atoms with Crippen LogP contribution in [0.4, 0.5) is 0 Å². The molecule has 6 heteroatoms. The van der Waals surface area contributed by atoms with Gasteiger partial charge in [0.1, 0.15) is 5.03 Å². The number of aliphatic carboxylic acids is 1. The third-order valence-electron chi connectivity index (χ3n) is 3.48. The molecule has 1 N–H and O–H groups in total. The van der Waals surface area contributed by atoms with E-state index in [9.17, 15) is 4.79 Å². The number of hydrogen-bond acceptors (Lipinski definition) is 4. The summed E-state index contributed by atoms with van der Waals surface area (Å²) >= 11 is 1.64. The zero-order chi connectivity index (χ0) is 13.5. The van der Waals surface area contributed by atoms with Crippen molar-refractivity contribution in [3.63, 3.8) is 0 Å². The summed E-state index contributed by atoms with van der Waals surface area (Å²) in [5.41, 5.74) is 1.94. The van der Waals surface area contributed by atoms with Gasteiger partial charge in [0.2, 0.25) is 0 Å². The molecular weight excluding hydrogens is 262 g/mol. The molecule has 0 aromatic carbocycles. The van der Waals surface area contributed by atoms with Crippen LogP contribution in [0.15, 0.2) is 23.5 Å². The highest BCUT2D eigenvalue weighted by Gasteiger charge is 2.44. The molecule has 0 atom stereocenters. The summed E-state index contributed by atoms with van der Waals surface area (Å²) in [7, 11) is 0. The molecule has 0 amide bonds. The van der Waals surface area contributed by atoms with E-state index in [1.807, 2.05) is 23.7 Å². The Morgan fingerprint density at radius 1 is 1.58 bits per heavy atom. The molecule has 5 nitrogen and oxygen atoms in total. The molecule has 0 radical (unpaired) electrons. The maximum atomic E-state index is 10.8. The Morgan fingerprint density at radius 3 is 3.05 bits per heavy atom. The number of aromatic nitrogens is 3. The Kier molecular flexibility index (Phi) is 2.97. The first-order chi connectivity index (χ1) is 9.08. The molecule has 0 bridgehead atoms. The van der Waals surface area contributed by atoms with Gasteiger partial charge >= 0.3 is 5.97 Å². The topological polar surface area (TPSA) is 67.5 Å². The smallest absolute Gasteiger partial charge is 0.303 e. The van der Waals surface area contributed by atoms with Gasteiger partial charge in [0.05, 0.1) is 17.6 Å². The van der Waals surface area contributed by atoms with Gasteiger partial charge in [-0.15, -0.1) is 11.8 Å². The summed E-state index contributed by atoms with van der Waals surface area (Å²) in [5, 5.41) is 14.2. The monoisotopic (exact) mass is 277 g/mol. The number of nitrogens with zero attached hydrogens (tertiary/aromatic N) is 3. The number of aryl methyl sites for hydroxylation is 1. The van der Waals surface area contributed by atoms with Gasteiger partial charge in [0.15, 0.2) is 0 Å². The average molecular weight is 277 g/mol. The van der Waals surface area contributed by atoms with E-state index in [0.29, 0.717) is 0 Å². The van der Waals surface area contributed by atoms with Crippen molar-refractivity contribution in [3.05, 3.63) is 24.2 Å². The van der Waals surface area contributed by atoms with E-state index in [-0.39, 0.29) is 11.8 Å². The lowest BCUT2D eigenvalue weighted by atomic mass is 10.1. The van der Waals surface area contributed by atoms with Crippen molar-refractivity contribution < 1.29 is 9.90 Å². The molecule has 1 saturated carbocycles. The van der Waals surface area contributed by atoms with Crippen molar-refractivity contribution in [3.8, 4) is 0 Å². The van der Waals surface area contributed by atoms with Gasteiger partial charge in [0.25, 0.3) is 0 Å². The predicted molar refractivity (Wildman–Crippen MR) is 72.4 cm³/mol. The number of hydrogen-bond donors (Lipinski definition) is 1. The third-order valence-corrected chi connectivity index (χ3v) is 4.82. The fourth-order valence-corrected chi connectivity index (χ4v) is 3.49. The standard InChI is InChI=1S/C13H15N3O2S/c1-9-6-10-12(14-4-5-16(10)15-9)19-8-13(2-3-13)7-11(17)18/h4-6H,2-3,7-8H2,1H3,(H,17,18). The Labute approximate surface area is 115 Å². The molecule has 0 unspecified atom stereocenters. The molecule has 2 aromatic heterocycles. The van der Waals surface area contributed by atoms with Crippen LogP contribution in [-0.4, -0.2) is 31.4 Å². The van der Waals surface area contributed by atoms with Gasteiger partial charge in [-0.3, -0.25) is 4.79 Å². The molecule has 0 spiro atoms. The van der Waals surface area contributed by atoms with E-state index < -0.39 is 5.97 Å². The summed E-state index contributed by atoms with van der Waals surface area (Å²) in [6.07, 6.45) is 5.85. The zero-order valence-electron chi connectivity index (χ0n) is 10.7. The Bertz CT molecular complexity index is 634. The van der Waals surface area contributed by atoms with E-state index in [1.54, 1.807) is 18.0 Å². The minimum absolute atomic E-state index is 0.0138. The zero-order valence-corrected chi connectivity index (χ0v) is 11.5. The maximum absolute atomic E-state index is 10.8. The lowest BCUT2D eigenvalue weighted by molar-refractivity contribution is -0.138. The van der Waals surface area contributed by atoms with Crippen LogP contribution in [0.5, 0.6) is 0 Å². The van der Waals surface area contributed by atoms with Crippen molar-refractivity contribution in [2.45, 2.75) is 31.2 Å². The van der Waals surface area contributed by atoms with Gasteiger partial charge in [0, 0.05) is 18.1 Å². The number of carboxylic acid groups (broad SMARTS) is 1. The van der Waals surface area contributed by atoms with Gasteiger partial charge in [-0.1, -0.05) is 0 Å². The van der Waals surface area contributed by atoms with E-state index in [2.05, 4.69) is 10.1 Å². The van der Waals surface area contributed by atoms with Crippen LogP contribution in [0, 0.1) is 12.3 Å². The molecule has 0 saturated heterocycles. The summed E-state index contributed by atoms with van der Waals surface area (Å²) in [4.78, 5) is 15.2. The molecule has 1 aliphatic carbocycles. The van der Waals surface area contributed by atoms with Crippen LogP contribution in [-0.2, 0) is 4.79 Å². The minimum Gasteiger partial charge on any atom is -0.481 e. The first-order valence-electron chi connectivity index (χ1n) is 6.24. The molecule has 1 aliphatic rings. The molecular formula is C13H15N3O2S. The van der Waals surface area contributed by atoms with E-state index >= 15 is 0 Å². The first-order valence-corrected chi connectivity index (χ1v) is 7.22. The highest BCUT2D eigenvalue weighted by Crippen LogP contribution is 2.52. The van der Waals surface area contributed by atoms with Gasteiger partial charge in [-0.05, 0) is 31.2 Å². The summed E-state index contributed by atoms with van der Waals surface area (Å²) in [6, 6.07) is 2.01. The molecule has 1 fully saturated rings. The van der Waals surface area contributed by atoms with E-state index in [0.717, 1.165) is 34.8 Å². The summed E-state index contributed by atoms with van der Waals surface area (Å²) in [5.74, 6) is 0.111. The third kappa shape index (κ3) is 2.58. The molecule has 0 aliphatic heterocycles.